The van der Waals surface area contributed by atoms with Gasteiger partial charge in [-0.25, -0.2) is 0 Å². The van der Waals surface area contributed by atoms with E-state index in [1.807, 2.05) is 26.8 Å². The van der Waals surface area contributed by atoms with Crippen molar-refractivity contribution in [1.29, 1.82) is 0 Å². The van der Waals surface area contributed by atoms with Crippen LogP contribution < -0.4 is 10.6 Å². The van der Waals surface area contributed by atoms with E-state index in [0.29, 0.717) is 30.1 Å². The molecule has 3 N–H and O–H groups in total. The van der Waals surface area contributed by atoms with Crippen LogP contribution in [0.5, 0.6) is 0 Å². The van der Waals surface area contributed by atoms with Gasteiger partial charge in [0.2, 0.25) is 17.7 Å². The first kappa shape index (κ1) is 23.0. The van der Waals surface area contributed by atoms with Crippen LogP contribution in [0.15, 0.2) is 18.2 Å². The minimum atomic E-state index is -1.12. The van der Waals surface area contributed by atoms with Gasteiger partial charge in [0.1, 0.15) is 11.6 Å². The number of aliphatic hydroxyl groups excluding tert-OH is 1. The van der Waals surface area contributed by atoms with Crippen LogP contribution in [0.25, 0.3) is 0 Å². The van der Waals surface area contributed by atoms with Gasteiger partial charge in [0, 0.05) is 13.1 Å². The number of anilines is 1. The first-order valence-corrected chi connectivity index (χ1v) is 11.5. The molecule has 32 heavy (non-hydrogen) atoms. The molecule has 4 rings (SSSR count). The highest BCUT2D eigenvalue weighted by Gasteiger charge is 2.77. The van der Waals surface area contributed by atoms with Crippen LogP contribution in [-0.4, -0.2) is 64.7 Å². The molecule has 174 valence electrons. The zero-order valence-electron chi connectivity index (χ0n) is 18.6. The molecule has 0 radical (unpaired) electrons. The predicted octanol–water partition coefficient (Wildman–Crippen LogP) is 1.87. The second-order valence-electron chi connectivity index (χ2n) is 9.19. The summed E-state index contributed by atoms with van der Waals surface area (Å²) in [6.45, 7) is 5.85. The summed E-state index contributed by atoms with van der Waals surface area (Å²) in [5.41, 5.74) is -0.665. The van der Waals surface area contributed by atoms with Crippen LogP contribution in [0.3, 0.4) is 0 Å². The van der Waals surface area contributed by atoms with E-state index in [1.54, 1.807) is 12.1 Å². The van der Waals surface area contributed by atoms with Crippen LogP contribution in [0.2, 0.25) is 5.02 Å². The number of ether oxygens (including phenoxy) is 1. The number of nitrogens with one attached hydrogen (secondary N) is 2. The van der Waals surface area contributed by atoms with Gasteiger partial charge in [-0.2, -0.15) is 0 Å². The van der Waals surface area contributed by atoms with Gasteiger partial charge < -0.3 is 25.4 Å². The lowest BCUT2D eigenvalue weighted by Gasteiger charge is -2.33. The molecule has 8 nitrogen and oxygen atoms in total. The van der Waals surface area contributed by atoms with Crippen molar-refractivity contribution in [3.63, 3.8) is 0 Å². The number of aliphatic hydroxyl groups is 1. The Hall–Kier alpha value is -2.16. The van der Waals surface area contributed by atoms with Gasteiger partial charge in [-0.05, 0) is 44.7 Å². The van der Waals surface area contributed by atoms with Gasteiger partial charge in [-0.1, -0.05) is 30.7 Å². The predicted molar refractivity (Wildman–Crippen MR) is 119 cm³/mol. The number of rotatable bonds is 7. The Bertz CT molecular complexity index is 935. The highest BCUT2D eigenvalue weighted by molar-refractivity contribution is 6.34. The minimum absolute atomic E-state index is 0.0138. The standard InChI is InChI=1S/C23H30ClN3O5/c1-4-10-25-19(29)15-16-21(31)27(11-12-28)18(23(16)9-8-22(15,3)32-23)20(30)26-17-13(2)6-5-7-14(17)24/h5-7,15-16,18,28H,4,8-12H2,1-3H3,(H,25,29)(H,26,30)/t15-,16+,18?,22+,23?/m1/s1. The number of carbonyl (C=O) groups is 3. The lowest BCUT2D eigenvalue weighted by Crippen LogP contribution is -2.54. The number of para-hydroxylation sites is 1. The Morgan fingerprint density at radius 2 is 2.06 bits per heavy atom. The summed E-state index contributed by atoms with van der Waals surface area (Å²) >= 11 is 6.31. The third-order valence-electron chi connectivity index (χ3n) is 7.17. The van der Waals surface area contributed by atoms with Crippen molar-refractivity contribution in [2.45, 2.75) is 57.3 Å². The topological polar surface area (TPSA) is 108 Å². The average molecular weight is 464 g/mol. The van der Waals surface area contributed by atoms with Crippen LogP contribution in [0.4, 0.5) is 5.69 Å². The molecule has 3 amide bonds. The third-order valence-corrected chi connectivity index (χ3v) is 7.48. The SMILES string of the molecule is CCCNC(=O)[C@H]1[C@H]2C(=O)N(CCO)C(C(=O)Nc3c(C)cccc3Cl)C23CC[C@]1(C)O3. The van der Waals surface area contributed by atoms with Crippen LogP contribution in [0.1, 0.15) is 38.7 Å². The van der Waals surface area contributed by atoms with Crippen molar-refractivity contribution in [1.82, 2.24) is 10.2 Å². The molecule has 3 heterocycles. The molecule has 2 bridgehead atoms. The summed E-state index contributed by atoms with van der Waals surface area (Å²) in [5, 5.41) is 15.8. The smallest absolute Gasteiger partial charge is 0.250 e. The second-order valence-corrected chi connectivity index (χ2v) is 9.60. The first-order valence-electron chi connectivity index (χ1n) is 11.2. The van der Waals surface area contributed by atoms with E-state index >= 15 is 0 Å². The number of hydrogen-bond acceptors (Lipinski definition) is 5. The Balaban J connectivity index is 1.72. The van der Waals surface area contributed by atoms with E-state index in [9.17, 15) is 19.5 Å². The zero-order chi connectivity index (χ0) is 23.3. The van der Waals surface area contributed by atoms with Crippen LogP contribution >= 0.6 is 11.6 Å². The number of amides is 3. The van der Waals surface area contributed by atoms with Gasteiger partial charge in [-0.3, -0.25) is 14.4 Å². The van der Waals surface area contributed by atoms with E-state index in [4.69, 9.17) is 16.3 Å². The summed E-state index contributed by atoms with van der Waals surface area (Å²) in [7, 11) is 0. The highest BCUT2D eigenvalue weighted by atomic mass is 35.5. The minimum Gasteiger partial charge on any atom is -0.395 e. The van der Waals surface area contributed by atoms with Crippen molar-refractivity contribution in [3.8, 4) is 0 Å². The molecule has 3 aliphatic heterocycles. The Morgan fingerprint density at radius 3 is 2.72 bits per heavy atom. The monoisotopic (exact) mass is 463 g/mol. The van der Waals surface area contributed by atoms with Gasteiger partial charge in [0.25, 0.3) is 0 Å². The fraction of sp³-hybridized carbons (Fsp3) is 0.609. The molecule has 1 aromatic carbocycles. The van der Waals surface area contributed by atoms with E-state index < -0.39 is 35.0 Å². The number of carbonyl (C=O) groups excluding carboxylic acids is 3. The van der Waals surface area contributed by atoms with E-state index in [2.05, 4.69) is 10.6 Å². The maximum absolute atomic E-state index is 13.6. The molecule has 0 aromatic heterocycles. The number of fused-ring (bicyclic) bond motifs is 1. The van der Waals surface area contributed by atoms with Gasteiger partial charge in [0.15, 0.2) is 0 Å². The Labute approximate surface area is 192 Å². The lowest BCUT2D eigenvalue weighted by molar-refractivity contribution is -0.145. The van der Waals surface area contributed by atoms with Crippen molar-refractivity contribution in [2.75, 3.05) is 25.0 Å². The van der Waals surface area contributed by atoms with Gasteiger partial charge in [0.05, 0.1) is 34.8 Å². The molecule has 9 heteroatoms. The molecule has 1 spiro atoms. The number of halogens is 1. The molecule has 0 aliphatic carbocycles. The molecule has 2 unspecified atom stereocenters. The number of β-amino-alcohol motifs (C(OH)–C–C–N with tert-alkyl or cyclic N) is 1. The van der Waals surface area contributed by atoms with Gasteiger partial charge >= 0.3 is 0 Å². The van der Waals surface area contributed by atoms with Crippen molar-refractivity contribution in [3.05, 3.63) is 28.8 Å². The third kappa shape index (κ3) is 3.31. The number of nitrogens with zero attached hydrogens (tertiary/aromatic N) is 1. The number of hydrogen-bond donors (Lipinski definition) is 3. The molecule has 1 aromatic rings. The van der Waals surface area contributed by atoms with Gasteiger partial charge in [-0.15, -0.1) is 0 Å². The molecular formula is C23H30ClN3O5. The summed E-state index contributed by atoms with van der Waals surface area (Å²) < 4.78 is 6.47. The molecule has 3 saturated heterocycles. The summed E-state index contributed by atoms with van der Waals surface area (Å²) in [5.74, 6) is -2.43. The average Bonchev–Trinajstić information content (AvgIpc) is 3.30. The first-order chi connectivity index (χ1) is 15.2. The van der Waals surface area contributed by atoms with Crippen LogP contribution in [-0.2, 0) is 19.1 Å². The van der Waals surface area contributed by atoms with Crippen molar-refractivity contribution >= 4 is 35.0 Å². The summed E-state index contributed by atoms with van der Waals surface area (Å²) in [6.07, 6.45) is 1.83. The second kappa shape index (κ2) is 8.32. The summed E-state index contributed by atoms with van der Waals surface area (Å²) in [4.78, 5) is 41.6. The Kier molecular flexibility index (Phi) is 5.98. The molecular weight excluding hydrogens is 434 g/mol. The highest BCUT2D eigenvalue weighted by Crippen LogP contribution is 2.63. The lowest BCUT2D eigenvalue weighted by atomic mass is 9.66. The number of aryl methyl sites for hydroxylation is 1. The largest absolute Gasteiger partial charge is 0.395 e. The zero-order valence-corrected chi connectivity index (χ0v) is 19.4. The van der Waals surface area contributed by atoms with Crippen molar-refractivity contribution in [2.24, 2.45) is 11.8 Å². The normalized spacial score (nSPS) is 32.8. The maximum atomic E-state index is 13.6. The summed E-state index contributed by atoms with van der Waals surface area (Å²) in [6, 6.07) is 4.35. The molecule has 3 aliphatic rings. The molecule has 3 fully saturated rings. The van der Waals surface area contributed by atoms with E-state index in [1.165, 1.54) is 4.90 Å². The van der Waals surface area contributed by atoms with Crippen molar-refractivity contribution < 1.29 is 24.2 Å². The quantitative estimate of drug-likeness (QED) is 0.572. The fourth-order valence-corrected chi connectivity index (χ4v) is 6.08. The fourth-order valence-electron chi connectivity index (χ4n) is 5.82. The van der Waals surface area contributed by atoms with Crippen LogP contribution in [0, 0.1) is 18.8 Å². The molecule has 0 saturated carbocycles. The maximum Gasteiger partial charge on any atom is 0.250 e. The van der Waals surface area contributed by atoms with E-state index in [-0.39, 0.29) is 25.0 Å². The number of benzene rings is 1. The number of likely N-dealkylation sites (tertiary alicyclic amines) is 1. The Morgan fingerprint density at radius 1 is 1.31 bits per heavy atom. The molecule has 5 atom stereocenters. The van der Waals surface area contributed by atoms with E-state index in [0.717, 1.165) is 12.0 Å².